The molecular formula is C9H9ClF3NO2. The second-order valence-corrected chi connectivity index (χ2v) is 3.70. The summed E-state index contributed by atoms with van der Waals surface area (Å²) in [4.78, 5) is 10.7. The molecule has 90 valence electrons. The molecule has 0 radical (unpaired) electrons. The average Bonchev–Trinajstić information content (AvgIpc) is 2.44. The first-order valence-electron chi connectivity index (χ1n) is 4.45. The van der Waals surface area contributed by atoms with Crippen molar-refractivity contribution in [2.75, 3.05) is 0 Å². The number of hydrogen-bond donors (Lipinski definition) is 1. The smallest absolute Gasteiger partial charge is 0.389 e. The Morgan fingerprint density at radius 2 is 2.12 bits per heavy atom. The van der Waals surface area contributed by atoms with E-state index in [0.29, 0.717) is 0 Å². The molecule has 0 saturated carbocycles. The zero-order valence-corrected chi connectivity index (χ0v) is 8.85. The number of aromatic carboxylic acids is 1. The number of carboxylic acids is 1. The van der Waals surface area contributed by atoms with Crippen molar-refractivity contribution in [1.82, 2.24) is 4.57 Å². The van der Waals surface area contributed by atoms with E-state index in [1.54, 1.807) is 0 Å². The van der Waals surface area contributed by atoms with Gasteiger partial charge in [0, 0.05) is 19.2 Å². The first-order chi connectivity index (χ1) is 7.29. The van der Waals surface area contributed by atoms with Gasteiger partial charge in [0.2, 0.25) is 0 Å². The number of aromatic nitrogens is 1. The van der Waals surface area contributed by atoms with Gasteiger partial charge in [-0.15, -0.1) is 0 Å². The molecule has 1 N–H and O–H groups in total. The van der Waals surface area contributed by atoms with Gasteiger partial charge < -0.3 is 9.67 Å². The molecule has 0 saturated heterocycles. The van der Waals surface area contributed by atoms with Crippen LogP contribution in [0.3, 0.4) is 0 Å². The molecule has 3 nitrogen and oxygen atoms in total. The van der Waals surface area contributed by atoms with Gasteiger partial charge in [0.1, 0.15) is 5.69 Å². The molecule has 0 amide bonds. The van der Waals surface area contributed by atoms with Gasteiger partial charge in [-0.2, -0.15) is 13.2 Å². The van der Waals surface area contributed by atoms with E-state index >= 15 is 0 Å². The topological polar surface area (TPSA) is 42.2 Å². The van der Waals surface area contributed by atoms with Crippen molar-refractivity contribution >= 4 is 17.6 Å². The molecule has 0 aliphatic carbocycles. The van der Waals surface area contributed by atoms with Gasteiger partial charge >= 0.3 is 12.1 Å². The maximum Gasteiger partial charge on any atom is 0.389 e. The van der Waals surface area contributed by atoms with Crippen LogP contribution in [0.4, 0.5) is 13.2 Å². The van der Waals surface area contributed by atoms with Crippen molar-refractivity contribution in [1.29, 1.82) is 0 Å². The molecule has 1 aromatic rings. The van der Waals surface area contributed by atoms with Crippen LogP contribution in [0.2, 0.25) is 5.02 Å². The van der Waals surface area contributed by atoms with Crippen LogP contribution in [0.15, 0.2) is 12.3 Å². The fourth-order valence-corrected chi connectivity index (χ4v) is 1.51. The van der Waals surface area contributed by atoms with Crippen LogP contribution in [0.25, 0.3) is 0 Å². The quantitative estimate of drug-likeness (QED) is 0.898. The number of halogens is 4. The lowest BCUT2D eigenvalue weighted by atomic mass is 10.3. The number of carbonyl (C=O) groups is 1. The summed E-state index contributed by atoms with van der Waals surface area (Å²) in [5.74, 6) is -1.21. The lowest BCUT2D eigenvalue weighted by Gasteiger charge is -2.08. The molecule has 1 heterocycles. The van der Waals surface area contributed by atoms with Gasteiger partial charge in [-0.05, 0) is 12.5 Å². The van der Waals surface area contributed by atoms with Crippen molar-refractivity contribution in [3.8, 4) is 0 Å². The molecule has 0 spiro atoms. The summed E-state index contributed by atoms with van der Waals surface area (Å²) < 4.78 is 36.8. The van der Waals surface area contributed by atoms with E-state index < -0.39 is 18.6 Å². The first-order valence-corrected chi connectivity index (χ1v) is 4.83. The number of carboxylic acid groups (broad SMARTS) is 1. The van der Waals surface area contributed by atoms with Crippen LogP contribution >= 0.6 is 11.6 Å². The van der Waals surface area contributed by atoms with Gasteiger partial charge in [-0.3, -0.25) is 0 Å². The molecule has 0 bridgehead atoms. The van der Waals surface area contributed by atoms with Crippen LogP contribution in [-0.4, -0.2) is 21.8 Å². The molecule has 0 fully saturated rings. The molecule has 16 heavy (non-hydrogen) atoms. The minimum atomic E-state index is -4.22. The lowest BCUT2D eigenvalue weighted by Crippen LogP contribution is -2.12. The largest absolute Gasteiger partial charge is 0.477 e. The van der Waals surface area contributed by atoms with Crippen molar-refractivity contribution in [2.24, 2.45) is 0 Å². The van der Waals surface area contributed by atoms with E-state index in [2.05, 4.69) is 0 Å². The average molecular weight is 256 g/mol. The Kier molecular flexibility index (Phi) is 3.85. The predicted molar refractivity (Wildman–Crippen MR) is 51.7 cm³/mol. The van der Waals surface area contributed by atoms with E-state index in [0.717, 1.165) is 0 Å². The van der Waals surface area contributed by atoms with Crippen LogP contribution in [-0.2, 0) is 6.54 Å². The van der Waals surface area contributed by atoms with Gasteiger partial charge in [0.25, 0.3) is 0 Å². The Bertz CT molecular complexity index is 387. The van der Waals surface area contributed by atoms with Crippen LogP contribution in [0, 0.1) is 0 Å². The summed E-state index contributed by atoms with van der Waals surface area (Å²) in [5, 5.41) is 8.94. The highest BCUT2D eigenvalue weighted by atomic mass is 35.5. The third-order valence-corrected chi connectivity index (χ3v) is 2.15. The maximum atomic E-state index is 11.9. The summed E-state index contributed by atoms with van der Waals surface area (Å²) in [5.41, 5.74) is -0.104. The highest BCUT2D eigenvalue weighted by Crippen LogP contribution is 2.22. The Morgan fingerprint density at radius 3 is 2.62 bits per heavy atom. The summed E-state index contributed by atoms with van der Waals surface area (Å²) in [6.07, 6.45) is -4.03. The van der Waals surface area contributed by atoms with Crippen molar-refractivity contribution in [2.45, 2.75) is 25.6 Å². The van der Waals surface area contributed by atoms with Gasteiger partial charge in [0.05, 0.1) is 5.02 Å². The molecule has 0 aliphatic heterocycles. The summed E-state index contributed by atoms with van der Waals surface area (Å²) in [6.45, 7) is -0.0200. The lowest BCUT2D eigenvalue weighted by molar-refractivity contribution is -0.135. The molecule has 0 atom stereocenters. The fourth-order valence-electron chi connectivity index (χ4n) is 1.29. The number of alkyl halides is 3. The normalized spacial score (nSPS) is 11.8. The highest BCUT2D eigenvalue weighted by molar-refractivity contribution is 6.30. The fraction of sp³-hybridized carbons (Fsp3) is 0.444. The Hall–Kier alpha value is -1.17. The van der Waals surface area contributed by atoms with Gasteiger partial charge in [-0.1, -0.05) is 11.6 Å². The monoisotopic (exact) mass is 255 g/mol. The molecule has 7 heteroatoms. The van der Waals surface area contributed by atoms with Crippen LogP contribution < -0.4 is 0 Å². The van der Waals surface area contributed by atoms with Crippen LogP contribution in [0.5, 0.6) is 0 Å². The molecule has 0 aromatic carbocycles. The number of aryl methyl sites for hydroxylation is 1. The number of hydrogen-bond acceptors (Lipinski definition) is 1. The third-order valence-electron chi connectivity index (χ3n) is 1.94. The molecule has 1 rings (SSSR count). The van der Waals surface area contributed by atoms with Crippen molar-refractivity contribution in [3.63, 3.8) is 0 Å². The Morgan fingerprint density at radius 1 is 1.50 bits per heavy atom. The number of rotatable bonds is 4. The molecule has 0 unspecified atom stereocenters. The predicted octanol–water partition coefficient (Wildman–Crippen LogP) is 3.18. The Labute approximate surface area is 94.4 Å². The minimum Gasteiger partial charge on any atom is -0.477 e. The summed E-state index contributed by atoms with van der Waals surface area (Å²) in [7, 11) is 0. The molecular weight excluding hydrogens is 247 g/mol. The third kappa shape index (κ3) is 3.77. The first kappa shape index (κ1) is 12.9. The van der Waals surface area contributed by atoms with E-state index in [-0.39, 0.29) is 23.7 Å². The molecule has 0 aliphatic rings. The van der Waals surface area contributed by atoms with E-state index in [4.69, 9.17) is 16.7 Å². The van der Waals surface area contributed by atoms with Crippen LogP contribution in [0.1, 0.15) is 23.3 Å². The Balaban J connectivity index is 2.63. The maximum absolute atomic E-state index is 11.9. The van der Waals surface area contributed by atoms with E-state index in [9.17, 15) is 18.0 Å². The SMILES string of the molecule is O=C(O)c1cc(Cl)cn1CCCC(F)(F)F. The van der Waals surface area contributed by atoms with Gasteiger partial charge in [-0.25, -0.2) is 4.79 Å². The highest BCUT2D eigenvalue weighted by Gasteiger charge is 2.26. The van der Waals surface area contributed by atoms with E-state index in [1.807, 2.05) is 0 Å². The summed E-state index contributed by atoms with van der Waals surface area (Å²) in [6, 6.07) is 1.21. The van der Waals surface area contributed by atoms with Gasteiger partial charge in [0.15, 0.2) is 0 Å². The van der Waals surface area contributed by atoms with Crippen molar-refractivity contribution in [3.05, 3.63) is 23.0 Å². The molecule has 1 aromatic heterocycles. The standard InChI is InChI=1S/C9H9ClF3NO2/c10-6-4-7(8(15)16)14(5-6)3-1-2-9(11,12)13/h4-5H,1-3H2,(H,15,16). The zero-order valence-electron chi connectivity index (χ0n) is 8.09. The summed E-state index contributed by atoms with van der Waals surface area (Å²) >= 11 is 5.57. The second kappa shape index (κ2) is 4.78. The van der Waals surface area contributed by atoms with Crippen molar-refractivity contribution < 1.29 is 23.1 Å². The second-order valence-electron chi connectivity index (χ2n) is 3.26. The van der Waals surface area contributed by atoms with E-state index in [1.165, 1.54) is 16.8 Å². The zero-order chi connectivity index (χ0) is 12.3. The minimum absolute atomic E-state index is 0.0200. The number of nitrogens with zero attached hydrogens (tertiary/aromatic N) is 1.